The molecule has 0 unspecified atom stereocenters. The number of benzene rings is 2. The van der Waals surface area contributed by atoms with Crippen LogP contribution in [0.3, 0.4) is 0 Å². The van der Waals surface area contributed by atoms with Crippen molar-refractivity contribution in [3.63, 3.8) is 0 Å². The molecule has 1 atom stereocenters. The number of carbonyl (C=O) groups is 2. The summed E-state index contributed by atoms with van der Waals surface area (Å²) in [6.07, 6.45) is 0.190. The van der Waals surface area contributed by atoms with Crippen LogP contribution in [0.25, 0.3) is 0 Å². The molecule has 7 heteroatoms. The Kier molecular flexibility index (Phi) is 5.44. The Balaban J connectivity index is 1.74. The minimum atomic E-state index is -0.214. The lowest BCUT2D eigenvalue weighted by Gasteiger charge is -2.36. The molecule has 28 heavy (non-hydrogen) atoms. The summed E-state index contributed by atoms with van der Waals surface area (Å²) in [6.45, 7) is 2.18. The van der Waals surface area contributed by atoms with E-state index in [0.717, 1.165) is 11.3 Å². The lowest BCUT2D eigenvalue weighted by Crippen LogP contribution is -2.42. The van der Waals surface area contributed by atoms with Gasteiger partial charge in [0.05, 0.1) is 23.8 Å². The standard InChI is InChI=1S/C21H25N3O4/c1-13-6-5-7-17(25)20(13)22-19(26)11-15-12-28-18-9-8-14(21(27)23(2)3)10-16(18)24(15)4/h5-10,15,25H,11-12H2,1-4H3,(H,22,26)/t15-/m1/s1. The van der Waals surface area contributed by atoms with Gasteiger partial charge in [-0.3, -0.25) is 9.59 Å². The fourth-order valence-electron chi connectivity index (χ4n) is 3.22. The molecule has 1 heterocycles. The molecule has 0 fully saturated rings. The lowest BCUT2D eigenvalue weighted by molar-refractivity contribution is -0.116. The van der Waals surface area contributed by atoms with Crippen LogP contribution in [0.15, 0.2) is 36.4 Å². The van der Waals surface area contributed by atoms with Gasteiger partial charge >= 0.3 is 0 Å². The van der Waals surface area contributed by atoms with Gasteiger partial charge in [0.1, 0.15) is 18.1 Å². The van der Waals surface area contributed by atoms with Gasteiger partial charge in [0.15, 0.2) is 0 Å². The van der Waals surface area contributed by atoms with E-state index in [1.54, 1.807) is 38.4 Å². The van der Waals surface area contributed by atoms with Crippen molar-refractivity contribution in [2.45, 2.75) is 19.4 Å². The van der Waals surface area contributed by atoms with Crippen LogP contribution in [0.5, 0.6) is 11.5 Å². The van der Waals surface area contributed by atoms with Crippen LogP contribution in [0.1, 0.15) is 22.3 Å². The highest BCUT2D eigenvalue weighted by Gasteiger charge is 2.28. The maximum Gasteiger partial charge on any atom is 0.253 e. The smallest absolute Gasteiger partial charge is 0.253 e. The normalized spacial score (nSPS) is 15.4. The number of fused-ring (bicyclic) bond motifs is 1. The molecule has 2 aromatic carbocycles. The summed E-state index contributed by atoms with van der Waals surface area (Å²) in [5.74, 6) is 0.421. The number of carbonyl (C=O) groups excluding carboxylic acids is 2. The summed E-state index contributed by atoms with van der Waals surface area (Å²) < 4.78 is 5.80. The van der Waals surface area contributed by atoms with E-state index in [0.29, 0.717) is 23.6 Å². The SMILES string of the molecule is Cc1cccc(O)c1NC(=O)C[C@@H]1COc2ccc(C(=O)N(C)C)cc2N1C. The first kappa shape index (κ1) is 19.5. The highest BCUT2D eigenvalue weighted by Crippen LogP contribution is 2.35. The second-order valence-corrected chi connectivity index (χ2v) is 7.18. The molecule has 7 nitrogen and oxygen atoms in total. The van der Waals surface area contributed by atoms with Gasteiger partial charge in [0.25, 0.3) is 5.91 Å². The largest absolute Gasteiger partial charge is 0.506 e. The van der Waals surface area contributed by atoms with Crippen LogP contribution >= 0.6 is 0 Å². The summed E-state index contributed by atoms with van der Waals surface area (Å²) in [6, 6.07) is 10.2. The minimum absolute atomic E-state index is 0.0405. The van der Waals surface area contributed by atoms with E-state index in [1.165, 1.54) is 11.0 Å². The van der Waals surface area contributed by atoms with Crippen molar-refractivity contribution in [3.05, 3.63) is 47.5 Å². The van der Waals surface area contributed by atoms with Gasteiger partial charge in [0, 0.05) is 26.7 Å². The molecular weight excluding hydrogens is 358 g/mol. The van der Waals surface area contributed by atoms with Gasteiger partial charge in [-0.2, -0.15) is 0 Å². The molecule has 0 radical (unpaired) electrons. The Morgan fingerprint density at radius 2 is 2.04 bits per heavy atom. The zero-order valence-electron chi connectivity index (χ0n) is 16.5. The topological polar surface area (TPSA) is 82.1 Å². The molecular formula is C21H25N3O4. The zero-order chi connectivity index (χ0) is 20.4. The number of phenolic OH excluding ortho intramolecular Hbond substituents is 1. The van der Waals surface area contributed by atoms with E-state index in [-0.39, 0.29) is 30.0 Å². The van der Waals surface area contributed by atoms with Gasteiger partial charge in [-0.25, -0.2) is 0 Å². The average molecular weight is 383 g/mol. The van der Waals surface area contributed by atoms with E-state index >= 15 is 0 Å². The second kappa shape index (κ2) is 7.80. The van der Waals surface area contributed by atoms with Crippen molar-refractivity contribution in [3.8, 4) is 11.5 Å². The number of amides is 2. The van der Waals surface area contributed by atoms with Crippen molar-refractivity contribution in [1.82, 2.24) is 4.90 Å². The third kappa shape index (κ3) is 3.88. The highest BCUT2D eigenvalue weighted by molar-refractivity contribution is 5.96. The number of para-hydroxylation sites is 1. The average Bonchev–Trinajstić information content (AvgIpc) is 2.66. The number of aryl methyl sites for hydroxylation is 1. The van der Waals surface area contributed by atoms with Crippen LogP contribution in [0, 0.1) is 6.92 Å². The van der Waals surface area contributed by atoms with E-state index < -0.39 is 0 Å². The Bertz CT molecular complexity index is 890. The number of phenols is 1. The number of nitrogens with zero attached hydrogens (tertiary/aromatic N) is 2. The number of anilines is 2. The number of nitrogens with one attached hydrogen (secondary N) is 1. The summed E-state index contributed by atoms with van der Waals surface area (Å²) >= 11 is 0. The molecule has 1 aliphatic heterocycles. The number of ether oxygens (including phenoxy) is 1. The molecule has 1 aliphatic rings. The zero-order valence-corrected chi connectivity index (χ0v) is 16.5. The van der Waals surface area contributed by atoms with Gasteiger partial charge < -0.3 is 25.0 Å². The van der Waals surface area contributed by atoms with Gasteiger partial charge in [-0.05, 0) is 36.8 Å². The minimum Gasteiger partial charge on any atom is -0.506 e. The molecule has 3 rings (SSSR count). The molecule has 0 aliphatic carbocycles. The first-order valence-electron chi connectivity index (χ1n) is 9.07. The van der Waals surface area contributed by atoms with E-state index in [4.69, 9.17) is 4.74 Å². The quantitative estimate of drug-likeness (QED) is 0.793. The Morgan fingerprint density at radius 3 is 2.71 bits per heavy atom. The molecule has 2 amide bonds. The molecule has 2 aromatic rings. The van der Waals surface area contributed by atoms with E-state index in [1.807, 2.05) is 24.9 Å². The first-order chi connectivity index (χ1) is 13.3. The summed E-state index contributed by atoms with van der Waals surface area (Å²) in [4.78, 5) is 28.3. The highest BCUT2D eigenvalue weighted by atomic mass is 16.5. The molecule has 0 bridgehead atoms. The van der Waals surface area contributed by atoms with Crippen molar-refractivity contribution in [1.29, 1.82) is 0 Å². The van der Waals surface area contributed by atoms with Crippen LogP contribution in [-0.2, 0) is 4.79 Å². The van der Waals surface area contributed by atoms with Gasteiger partial charge in [0.2, 0.25) is 5.91 Å². The molecule has 0 saturated carbocycles. The third-order valence-corrected chi connectivity index (χ3v) is 4.91. The number of hydrogen-bond donors (Lipinski definition) is 2. The maximum absolute atomic E-state index is 12.5. The molecule has 0 aromatic heterocycles. The molecule has 0 saturated heterocycles. The van der Waals surface area contributed by atoms with Gasteiger partial charge in [-0.1, -0.05) is 12.1 Å². The summed E-state index contributed by atoms with van der Waals surface area (Å²) in [7, 11) is 5.29. The molecule has 2 N–H and O–H groups in total. The fourth-order valence-corrected chi connectivity index (χ4v) is 3.22. The van der Waals surface area contributed by atoms with Crippen molar-refractivity contribution < 1.29 is 19.4 Å². The van der Waals surface area contributed by atoms with Crippen LogP contribution in [-0.4, -0.2) is 55.6 Å². The lowest BCUT2D eigenvalue weighted by atomic mass is 10.1. The number of aromatic hydroxyl groups is 1. The Morgan fingerprint density at radius 1 is 1.29 bits per heavy atom. The van der Waals surface area contributed by atoms with Crippen molar-refractivity contribution in [2.75, 3.05) is 38.0 Å². The second-order valence-electron chi connectivity index (χ2n) is 7.18. The summed E-state index contributed by atoms with van der Waals surface area (Å²) in [5, 5.41) is 12.8. The molecule has 148 valence electrons. The summed E-state index contributed by atoms with van der Waals surface area (Å²) in [5.41, 5.74) is 2.55. The number of hydrogen-bond acceptors (Lipinski definition) is 5. The Labute approximate surface area is 164 Å². The van der Waals surface area contributed by atoms with Crippen molar-refractivity contribution >= 4 is 23.2 Å². The predicted molar refractivity (Wildman–Crippen MR) is 108 cm³/mol. The molecule has 0 spiro atoms. The van der Waals surface area contributed by atoms with Crippen LogP contribution < -0.4 is 15.0 Å². The van der Waals surface area contributed by atoms with Crippen LogP contribution in [0.4, 0.5) is 11.4 Å². The number of likely N-dealkylation sites (N-methyl/N-ethyl adjacent to an activating group) is 1. The number of rotatable bonds is 4. The van der Waals surface area contributed by atoms with Crippen molar-refractivity contribution in [2.24, 2.45) is 0 Å². The van der Waals surface area contributed by atoms with E-state index in [2.05, 4.69) is 5.32 Å². The third-order valence-electron chi connectivity index (χ3n) is 4.91. The maximum atomic E-state index is 12.5. The van der Waals surface area contributed by atoms with Gasteiger partial charge in [-0.15, -0.1) is 0 Å². The van der Waals surface area contributed by atoms with E-state index in [9.17, 15) is 14.7 Å². The monoisotopic (exact) mass is 383 g/mol. The fraction of sp³-hybridized carbons (Fsp3) is 0.333. The predicted octanol–water partition coefficient (Wildman–Crippen LogP) is 2.63. The first-order valence-corrected chi connectivity index (χ1v) is 9.07. The Hall–Kier alpha value is -3.22. The van der Waals surface area contributed by atoms with Crippen LogP contribution in [0.2, 0.25) is 0 Å².